The van der Waals surface area contributed by atoms with E-state index in [0.717, 1.165) is 33.7 Å². The number of aromatic nitrogens is 4. The van der Waals surface area contributed by atoms with Gasteiger partial charge in [0.1, 0.15) is 5.69 Å². The number of fused-ring (bicyclic) bond motifs is 3. The molecule has 0 radical (unpaired) electrons. The molecule has 0 bridgehead atoms. The van der Waals surface area contributed by atoms with Gasteiger partial charge in [-0.1, -0.05) is 0 Å². The highest BCUT2D eigenvalue weighted by molar-refractivity contribution is 5.93. The molecule has 4 rings (SSSR count). The lowest BCUT2D eigenvalue weighted by Gasteiger charge is -2.00. The normalized spacial score (nSPS) is 11.5. The minimum atomic E-state index is 0.717. The summed E-state index contributed by atoms with van der Waals surface area (Å²) < 4.78 is 7.26. The average molecular weight is 264 g/mol. The van der Waals surface area contributed by atoms with Gasteiger partial charge in [-0.2, -0.15) is 0 Å². The summed E-state index contributed by atoms with van der Waals surface area (Å²) in [6.07, 6.45) is 3.42. The van der Waals surface area contributed by atoms with Crippen LogP contribution in [-0.2, 0) is 0 Å². The molecule has 0 N–H and O–H groups in total. The van der Waals surface area contributed by atoms with E-state index in [1.165, 1.54) is 0 Å². The Kier molecular flexibility index (Phi) is 2.18. The van der Waals surface area contributed by atoms with Crippen LogP contribution in [0.5, 0.6) is 0 Å². The minimum absolute atomic E-state index is 0.717. The first-order valence-electron chi connectivity index (χ1n) is 6.39. The molecule has 0 fully saturated rings. The summed E-state index contributed by atoms with van der Waals surface area (Å²) in [5.41, 5.74) is 4.48. The van der Waals surface area contributed by atoms with Crippen molar-refractivity contribution in [1.82, 2.24) is 19.6 Å². The zero-order chi connectivity index (χ0) is 13.7. The second-order valence-electron chi connectivity index (χ2n) is 4.82. The third-order valence-electron chi connectivity index (χ3n) is 3.38. The molecule has 4 aromatic heterocycles. The smallest absolute Gasteiger partial charge is 0.184 e. The first-order valence-corrected chi connectivity index (χ1v) is 6.39. The molecule has 0 aromatic carbocycles. The van der Waals surface area contributed by atoms with Gasteiger partial charge in [0.15, 0.2) is 17.1 Å². The van der Waals surface area contributed by atoms with Crippen LogP contribution < -0.4 is 0 Å². The number of hydrogen-bond donors (Lipinski definition) is 0. The van der Waals surface area contributed by atoms with Crippen LogP contribution in [0.4, 0.5) is 0 Å². The highest BCUT2D eigenvalue weighted by Gasteiger charge is 2.14. The van der Waals surface area contributed by atoms with Crippen LogP contribution in [0.15, 0.2) is 41.1 Å². The molecule has 0 spiro atoms. The zero-order valence-corrected chi connectivity index (χ0v) is 11.2. The molecule has 98 valence electrons. The van der Waals surface area contributed by atoms with Crippen molar-refractivity contribution in [2.45, 2.75) is 13.8 Å². The molecule has 4 heterocycles. The second kappa shape index (κ2) is 3.90. The van der Waals surface area contributed by atoms with E-state index in [-0.39, 0.29) is 0 Å². The standard InChI is InChI=1S/C15H12N4O/c1-9-8-10(2)17-14-13(9)15-16-6-5-11(19(15)18-14)12-4-3-7-20-12/h3-8H,1-2H3. The van der Waals surface area contributed by atoms with E-state index < -0.39 is 0 Å². The lowest BCUT2D eigenvalue weighted by atomic mass is 10.2. The Morgan fingerprint density at radius 1 is 1.20 bits per heavy atom. The van der Waals surface area contributed by atoms with E-state index >= 15 is 0 Å². The highest BCUT2D eigenvalue weighted by Crippen LogP contribution is 2.26. The van der Waals surface area contributed by atoms with Gasteiger partial charge in [-0.05, 0) is 43.7 Å². The van der Waals surface area contributed by atoms with Crippen molar-refractivity contribution >= 4 is 16.7 Å². The van der Waals surface area contributed by atoms with Gasteiger partial charge >= 0.3 is 0 Å². The maximum atomic E-state index is 5.47. The molecule has 20 heavy (non-hydrogen) atoms. The van der Waals surface area contributed by atoms with Crippen LogP contribution in [0.3, 0.4) is 0 Å². The summed E-state index contributed by atoms with van der Waals surface area (Å²) in [4.78, 5) is 8.94. The van der Waals surface area contributed by atoms with Crippen molar-refractivity contribution in [2.75, 3.05) is 0 Å². The molecule has 0 amide bonds. The fourth-order valence-corrected chi connectivity index (χ4v) is 2.56. The number of rotatable bonds is 1. The molecule has 5 heteroatoms. The first kappa shape index (κ1) is 11.2. The molecule has 0 saturated carbocycles. The third kappa shape index (κ3) is 1.46. The van der Waals surface area contributed by atoms with Crippen molar-refractivity contribution in [1.29, 1.82) is 0 Å². The molecule has 0 saturated heterocycles. The Bertz CT molecular complexity index is 922. The van der Waals surface area contributed by atoms with Gasteiger partial charge < -0.3 is 4.42 Å². The van der Waals surface area contributed by atoms with Crippen LogP contribution in [0.2, 0.25) is 0 Å². The first-order chi connectivity index (χ1) is 9.74. The largest absolute Gasteiger partial charge is 0.463 e. The second-order valence-corrected chi connectivity index (χ2v) is 4.82. The summed E-state index contributed by atoms with van der Waals surface area (Å²) in [6.45, 7) is 4.03. The molecule has 0 aliphatic rings. The van der Waals surface area contributed by atoms with E-state index in [0.29, 0.717) is 5.65 Å². The fraction of sp³-hybridized carbons (Fsp3) is 0.133. The lowest BCUT2D eigenvalue weighted by Crippen LogP contribution is -1.94. The van der Waals surface area contributed by atoms with Crippen LogP contribution >= 0.6 is 0 Å². The van der Waals surface area contributed by atoms with Gasteiger partial charge in [0.25, 0.3) is 0 Å². The SMILES string of the molecule is Cc1cc(C)c2c(n1)nn1c(-c3ccco3)ccnc21. The summed E-state index contributed by atoms with van der Waals surface area (Å²) in [5, 5.41) is 5.57. The van der Waals surface area contributed by atoms with Gasteiger partial charge in [0.05, 0.1) is 11.6 Å². The summed E-state index contributed by atoms with van der Waals surface area (Å²) >= 11 is 0. The molecule has 0 unspecified atom stereocenters. The van der Waals surface area contributed by atoms with E-state index in [1.807, 2.05) is 31.2 Å². The third-order valence-corrected chi connectivity index (χ3v) is 3.38. The number of nitrogens with zero attached hydrogens (tertiary/aromatic N) is 4. The number of hydrogen-bond acceptors (Lipinski definition) is 4. The number of pyridine rings is 1. The van der Waals surface area contributed by atoms with Crippen molar-refractivity contribution in [3.05, 3.63) is 48.0 Å². The minimum Gasteiger partial charge on any atom is -0.463 e. The Hall–Kier alpha value is -2.69. The van der Waals surface area contributed by atoms with Gasteiger partial charge in [0.2, 0.25) is 0 Å². The Morgan fingerprint density at radius 3 is 2.90 bits per heavy atom. The van der Waals surface area contributed by atoms with Crippen molar-refractivity contribution in [3.8, 4) is 11.5 Å². The van der Waals surface area contributed by atoms with Crippen LogP contribution in [-0.4, -0.2) is 19.6 Å². The quantitative estimate of drug-likeness (QED) is 0.530. The Labute approximate surface area is 114 Å². The van der Waals surface area contributed by atoms with Gasteiger partial charge in [-0.15, -0.1) is 5.10 Å². The van der Waals surface area contributed by atoms with Crippen LogP contribution in [0.25, 0.3) is 28.1 Å². The number of furan rings is 1. The van der Waals surface area contributed by atoms with Gasteiger partial charge in [-0.3, -0.25) is 0 Å². The molecular formula is C15H12N4O. The van der Waals surface area contributed by atoms with Crippen molar-refractivity contribution in [2.24, 2.45) is 0 Å². The molecular weight excluding hydrogens is 252 g/mol. The maximum absolute atomic E-state index is 5.47. The summed E-state index contributed by atoms with van der Waals surface area (Å²) in [6, 6.07) is 7.70. The Morgan fingerprint density at radius 2 is 2.10 bits per heavy atom. The van der Waals surface area contributed by atoms with Crippen molar-refractivity contribution in [3.63, 3.8) is 0 Å². The van der Waals surface area contributed by atoms with E-state index in [1.54, 1.807) is 17.0 Å². The predicted octanol–water partition coefficient (Wildman–Crippen LogP) is 3.15. The van der Waals surface area contributed by atoms with Crippen LogP contribution in [0.1, 0.15) is 11.3 Å². The summed E-state index contributed by atoms with van der Waals surface area (Å²) in [7, 11) is 0. The number of aryl methyl sites for hydroxylation is 2. The molecule has 0 aliphatic carbocycles. The van der Waals surface area contributed by atoms with E-state index in [2.05, 4.69) is 22.0 Å². The fourth-order valence-electron chi connectivity index (χ4n) is 2.56. The van der Waals surface area contributed by atoms with E-state index in [9.17, 15) is 0 Å². The lowest BCUT2D eigenvalue weighted by molar-refractivity contribution is 0.577. The van der Waals surface area contributed by atoms with Gasteiger partial charge in [0, 0.05) is 11.9 Å². The zero-order valence-electron chi connectivity index (χ0n) is 11.2. The topological polar surface area (TPSA) is 56.2 Å². The molecule has 5 nitrogen and oxygen atoms in total. The maximum Gasteiger partial charge on any atom is 0.184 e. The molecule has 0 atom stereocenters. The van der Waals surface area contributed by atoms with Crippen LogP contribution in [0, 0.1) is 13.8 Å². The van der Waals surface area contributed by atoms with E-state index in [4.69, 9.17) is 4.42 Å². The van der Waals surface area contributed by atoms with Crippen molar-refractivity contribution < 1.29 is 4.42 Å². The monoisotopic (exact) mass is 264 g/mol. The summed E-state index contributed by atoms with van der Waals surface area (Å²) in [5.74, 6) is 0.764. The predicted molar refractivity (Wildman–Crippen MR) is 75.5 cm³/mol. The highest BCUT2D eigenvalue weighted by atomic mass is 16.3. The molecule has 0 aliphatic heterocycles. The Balaban J connectivity index is 2.17. The molecule has 4 aromatic rings. The average Bonchev–Trinajstić information content (AvgIpc) is 3.04. The van der Waals surface area contributed by atoms with Gasteiger partial charge in [-0.25, -0.2) is 14.5 Å².